The summed E-state index contributed by atoms with van der Waals surface area (Å²) in [6.45, 7) is 3.27. The Morgan fingerprint density at radius 3 is 2.52 bits per heavy atom. The number of hydrogen-bond acceptors (Lipinski definition) is 4. The number of nitrogens with two attached hydrogens (primary N) is 1. The molecule has 2 N–H and O–H groups in total. The Bertz CT molecular complexity index is 709. The van der Waals surface area contributed by atoms with Crippen molar-refractivity contribution in [2.24, 2.45) is 5.73 Å². The van der Waals surface area contributed by atoms with Crippen LogP contribution < -0.4 is 5.73 Å². The van der Waals surface area contributed by atoms with Crippen molar-refractivity contribution in [2.45, 2.75) is 31.6 Å². The number of imidazole rings is 1. The number of benzene rings is 1. The lowest BCUT2D eigenvalue weighted by Crippen LogP contribution is -2.27. The lowest BCUT2D eigenvalue weighted by molar-refractivity contribution is 0.463. The molecule has 1 aromatic carbocycles. The van der Waals surface area contributed by atoms with Gasteiger partial charge in [-0.15, -0.1) is 0 Å². The first-order valence-electron chi connectivity index (χ1n) is 6.74. The van der Waals surface area contributed by atoms with E-state index in [1.807, 2.05) is 31.2 Å². The Morgan fingerprint density at radius 1 is 1.29 bits per heavy atom. The van der Waals surface area contributed by atoms with Crippen LogP contribution >= 0.6 is 0 Å². The maximum Gasteiger partial charge on any atom is 0.262 e. The lowest BCUT2D eigenvalue weighted by atomic mass is 10.1. The highest BCUT2D eigenvalue weighted by molar-refractivity contribution is 7.89. The fraction of sp³-hybridized carbons (Fsp3) is 0.357. The highest BCUT2D eigenvalue weighted by Crippen LogP contribution is 2.17. The standard InChI is InChI=1S/C14H20N4O2S/c1-3-18-10-14(16-11-18)21(19,20)17(2)9-13-7-5-4-6-12(13)8-15/h4-7,10-11H,3,8-9,15H2,1-2H3. The van der Waals surface area contributed by atoms with E-state index in [2.05, 4.69) is 4.98 Å². The SMILES string of the molecule is CCn1cnc(S(=O)(=O)N(C)Cc2ccccc2CN)c1. The molecule has 1 heterocycles. The van der Waals surface area contributed by atoms with Gasteiger partial charge in [-0.25, -0.2) is 13.4 Å². The molecule has 0 atom stereocenters. The summed E-state index contributed by atoms with van der Waals surface area (Å²) >= 11 is 0. The van der Waals surface area contributed by atoms with Crippen molar-refractivity contribution in [1.29, 1.82) is 0 Å². The van der Waals surface area contributed by atoms with Crippen molar-refractivity contribution in [2.75, 3.05) is 7.05 Å². The topological polar surface area (TPSA) is 81.2 Å². The molecule has 6 nitrogen and oxygen atoms in total. The van der Waals surface area contributed by atoms with Crippen molar-refractivity contribution in [3.05, 3.63) is 47.9 Å². The van der Waals surface area contributed by atoms with Crippen LogP contribution in [0.2, 0.25) is 0 Å². The summed E-state index contributed by atoms with van der Waals surface area (Å²) in [6, 6.07) is 7.56. The molecule has 114 valence electrons. The van der Waals surface area contributed by atoms with E-state index in [-0.39, 0.29) is 11.6 Å². The number of aryl methyl sites for hydroxylation is 1. The average Bonchev–Trinajstić information content (AvgIpc) is 2.97. The minimum Gasteiger partial charge on any atom is -0.336 e. The first-order valence-corrected chi connectivity index (χ1v) is 8.18. The second kappa shape index (κ2) is 6.38. The largest absolute Gasteiger partial charge is 0.336 e. The molecule has 0 bridgehead atoms. The first kappa shape index (κ1) is 15.7. The molecule has 1 aromatic heterocycles. The molecule has 2 aromatic rings. The molecule has 0 fully saturated rings. The quantitative estimate of drug-likeness (QED) is 0.869. The summed E-state index contributed by atoms with van der Waals surface area (Å²) in [5.74, 6) is 0. The van der Waals surface area contributed by atoms with E-state index < -0.39 is 10.0 Å². The molecule has 0 unspecified atom stereocenters. The van der Waals surface area contributed by atoms with Crippen molar-refractivity contribution >= 4 is 10.0 Å². The van der Waals surface area contributed by atoms with Gasteiger partial charge in [0, 0.05) is 32.9 Å². The molecule has 0 spiro atoms. The van der Waals surface area contributed by atoms with Gasteiger partial charge in [-0.05, 0) is 18.1 Å². The molecule has 0 aliphatic carbocycles. The molecular weight excluding hydrogens is 288 g/mol. The third kappa shape index (κ3) is 3.31. The Balaban J connectivity index is 2.24. The van der Waals surface area contributed by atoms with Gasteiger partial charge in [0.05, 0.1) is 6.33 Å². The average molecular weight is 308 g/mol. The van der Waals surface area contributed by atoms with Gasteiger partial charge >= 0.3 is 0 Å². The summed E-state index contributed by atoms with van der Waals surface area (Å²) in [7, 11) is -2.04. The number of hydrogen-bond donors (Lipinski definition) is 1. The molecule has 0 aliphatic heterocycles. The molecule has 0 radical (unpaired) electrons. The summed E-state index contributed by atoms with van der Waals surface area (Å²) < 4.78 is 28.0. The second-order valence-electron chi connectivity index (χ2n) is 4.78. The molecular formula is C14H20N4O2S. The molecule has 0 aliphatic rings. The zero-order valence-electron chi connectivity index (χ0n) is 12.2. The van der Waals surface area contributed by atoms with Gasteiger partial charge in [0.1, 0.15) is 0 Å². The Morgan fingerprint density at radius 2 is 1.95 bits per heavy atom. The second-order valence-corrected chi connectivity index (χ2v) is 6.77. The summed E-state index contributed by atoms with van der Waals surface area (Å²) in [6.07, 6.45) is 3.06. The normalized spacial score (nSPS) is 12.0. The predicted octanol–water partition coefficient (Wildman–Crippen LogP) is 1.18. The number of aromatic nitrogens is 2. The van der Waals surface area contributed by atoms with Crippen molar-refractivity contribution < 1.29 is 8.42 Å². The fourth-order valence-electron chi connectivity index (χ4n) is 2.04. The van der Waals surface area contributed by atoms with Crippen molar-refractivity contribution in [3.63, 3.8) is 0 Å². The highest BCUT2D eigenvalue weighted by Gasteiger charge is 2.24. The van der Waals surface area contributed by atoms with E-state index >= 15 is 0 Å². The molecule has 0 amide bonds. The minimum atomic E-state index is -3.59. The molecule has 0 saturated carbocycles. The van der Waals surface area contributed by atoms with Crippen LogP contribution in [0.1, 0.15) is 18.1 Å². The number of sulfonamides is 1. The zero-order chi connectivity index (χ0) is 15.5. The summed E-state index contributed by atoms with van der Waals surface area (Å²) in [5, 5.41) is 0.0667. The fourth-order valence-corrected chi connectivity index (χ4v) is 3.12. The molecule has 7 heteroatoms. The first-order chi connectivity index (χ1) is 9.98. The van der Waals surface area contributed by atoms with E-state index in [1.54, 1.807) is 17.8 Å². The van der Waals surface area contributed by atoms with Crippen LogP contribution in [0.4, 0.5) is 0 Å². The van der Waals surface area contributed by atoms with Gasteiger partial charge in [0.25, 0.3) is 10.0 Å². The van der Waals surface area contributed by atoms with Crippen LogP contribution in [0.5, 0.6) is 0 Å². The van der Waals surface area contributed by atoms with Gasteiger partial charge in [-0.2, -0.15) is 4.31 Å². The Kier molecular flexibility index (Phi) is 4.76. The third-order valence-corrected chi connectivity index (χ3v) is 5.07. The summed E-state index contributed by atoms with van der Waals surface area (Å²) in [5.41, 5.74) is 7.53. The van der Waals surface area contributed by atoms with E-state index in [0.717, 1.165) is 11.1 Å². The minimum absolute atomic E-state index is 0.0667. The lowest BCUT2D eigenvalue weighted by Gasteiger charge is -2.17. The molecule has 0 saturated heterocycles. The van der Waals surface area contributed by atoms with Gasteiger partial charge in [-0.3, -0.25) is 0 Å². The van der Waals surface area contributed by atoms with Crippen LogP contribution in [0.3, 0.4) is 0 Å². The summed E-state index contributed by atoms with van der Waals surface area (Å²) in [4.78, 5) is 3.97. The van der Waals surface area contributed by atoms with E-state index in [0.29, 0.717) is 13.1 Å². The van der Waals surface area contributed by atoms with Crippen LogP contribution in [-0.2, 0) is 29.7 Å². The van der Waals surface area contributed by atoms with Gasteiger partial charge in [0.2, 0.25) is 0 Å². The highest BCUT2D eigenvalue weighted by atomic mass is 32.2. The Labute approximate surface area is 125 Å². The van der Waals surface area contributed by atoms with Crippen LogP contribution in [0.25, 0.3) is 0 Å². The van der Waals surface area contributed by atoms with E-state index in [1.165, 1.54) is 10.6 Å². The number of rotatable bonds is 6. The van der Waals surface area contributed by atoms with Gasteiger partial charge in [0.15, 0.2) is 5.03 Å². The maximum atomic E-state index is 12.5. The van der Waals surface area contributed by atoms with Crippen LogP contribution in [-0.4, -0.2) is 29.3 Å². The van der Waals surface area contributed by atoms with Crippen LogP contribution in [0.15, 0.2) is 41.8 Å². The number of nitrogens with zero attached hydrogens (tertiary/aromatic N) is 3. The van der Waals surface area contributed by atoms with Gasteiger partial charge < -0.3 is 10.3 Å². The monoisotopic (exact) mass is 308 g/mol. The smallest absolute Gasteiger partial charge is 0.262 e. The van der Waals surface area contributed by atoms with Crippen molar-refractivity contribution in [3.8, 4) is 0 Å². The zero-order valence-corrected chi connectivity index (χ0v) is 13.0. The van der Waals surface area contributed by atoms with Gasteiger partial charge in [-0.1, -0.05) is 24.3 Å². The Hall–Kier alpha value is -1.70. The predicted molar refractivity (Wildman–Crippen MR) is 80.9 cm³/mol. The maximum absolute atomic E-state index is 12.5. The molecule has 2 rings (SSSR count). The third-order valence-electron chi connectivity index (χ3n) is 3.38. The van der Waals surface area contributed by atoms with Crippen molar-refractivity contribution in [1.82, 2.24) is 13.9 Å². The molecule has 21 heavy (non-hydrogen) atoms. The van der Waals surface area contributed by atoms with E-state index in [9.17, 15) is 8.42 Å². The van der Waals surface area contributed by atoms with Crippen LogP contribution in [0, 0.1) is 0 Å². The van der Waals surface area contributed by atoms with E-state index in [4.69, 9.17) is 5.73 Å².